The summed E-state index contributed by atoms with van der Waals surface area (Å²) in [5, 5.41) is 18.6. The number of phenols is 1. The topological polar surface area (TPSA) is 71.2 Å². The highest BCUT2D eigenvalue weighted by Gasteiger charge is 2.32. The van der Waals surface area contributed by atoms with Crippen LogP contribution in [0.3, 0.4) is 0 Å². The molecular weight excluding hydrogens is 352 g/mol. The molecule has 0 radical (unpaired) electrons. The molecule has 144 valence electrons. The molecule has 0 saturated carbocycles. The number of hydrogen-bond acceptors (Lipinski definition) is 4. The first-order valence-corrected chi connectivity index (χ1v) is 9.65. The molecule has 0 bridgehead atoms. The van der Waals surface area contributed by atoms with Crippen LogP contribution in [0.2, 0.25) is 0 Å². The Morgan fingerprint density at radius 2 is 1.75 bits per heavy atom. The highest BCUT2D eigenvalue weighted by molar-refractivity contribution is 5.81. The number of hydrogen-bond donors (Lipinski definition) is 1. The lowest BCUT2D eigenvalue weighted by atomic mass is 10.1. The molecule has 0 aliphatic carbocycles. The number of amides is 1. The molecule has 0 saturated heterocycles. The average molecular weight is 376 g/mol. The fourth-order valence-electron chi connectivity index (χ4n) is 3.78. The third-order valence-corrected chi connectivity index (χ3v) is 5.35. The normalized spacial score (nSPS) is 16.2. The second-order valence-corrected chi connectivity index (χ2v) is 7.20. The maximum Gasteiger partial charge on any atom is 0.245 e. The van der Waals surface area contributed by atoms with Crippen LogP contribution < -0.4 is 0 Å². The Morgan fingerprint density at radius 3 is 2.54 bits per heavy atom. The first-order chi connectivity index (χ1) is 13.6. The van der Waals surface area contributed by atoms with E-state index in [0.29, 0.717) is 25.9 Å². The summed E-state index contributed by atoms with van der Waals surface area (Å²) in [5.41, 5.74) is 2.09. The van der Waals surface area contributed by atoms with Crippen LogP contribution in [0.15, 0.2) is 54.6 Å². The quantitative estimate of drug-likeness (QED) is 0.718. The van der Waals surface area contributed by atoms with E-state index in [1.807, 2.05) is 52.8 Å². The number of nitrogens with zero attached hydrogens (tertiary/aromatic N) is 4. The van der Waals surface area contributed by atoms with E-state index in [4.69, 9.17) is 0 Å². The Bertz CT molecular complexity index is 968. The van der Waals surface area contributed by atoms with Crippen LogP contribution in [-0.2, 0) is 30.6 Å². The van der Waals surface area contributed by atoms with Gasteiger partial charge in [0, 0.05) is 13.0 Å². The van der Waals surface area contributed by atoms with Crippen LogP contribution in [0.5, 0.6) is 5.75 Å². The van der Waals surface area contributed by atoms with Crippen molar-refractivity contribution in [3.05, 3.63) is 77.4 Å². The molecule has 0 unspecified atom stereocenters. The zero-order chi connectivity index (χ0) is 19.5. The van der Waals surface area contributed by atoms with Gasteiger partial charge in [0.05, 0.1) is 6.54 Å². The molecule has 1 aliphatic rings. The van der Waals surface area contributed by atoms with Crippen molar-refractivity contribution in [2.45, 2.75) is 38.8 Å². The number of phenolic OH excluding ortho intramolecular Hbond substituents is 1. The second-order valence-electron chi connectivity index (χ2n) is 7.20. The minimum Gasteiger partial charge on any atom is -0.508 e. The zero-order valence-corrected chi connectivity index (χ0v) is 16.0. The van der Waals surface area contributed by atoms with Crippen LogP contribution in [0, 0.1) is 0 Å². The highest BCUT2D eigenvalue weighted by atomic mass is 16.3. The molecule has 1 N–H and O–H groups in total. The number of aryl methyl sites for hydroxylation is 2. The third kappa shape index (κ3) is 3.63. The number of rotatable bonds is 6. The summed E-state index contributed by atoms with van der Waals surface area (Å²) in [5.74, 6) is 2.01. The summed E-state index contributed by atoms with van der Waals surface area (Å²) in [6.07, 6.45) is 2.11. The van der Waals surface area contributed by atoms with Crippen LogP contribution in [0.25, 0.3) is 0 Å². The summed E-state index contributed by atoms with van der Waals surface area (Å²) in [6, 6.07) is 17.2. The van der Waals surface area contributed by atoms with Crippen molar-refractivity contribution in [3.63, 3.8) is 0 Å². The molecule has 1 aliphatic heterocycles. The van der Waals surface area contributed by atoms with E-state index in [0.717, 1.165) is 23.6 Å². The summed E-state index contributed by atoms with van der Waals surface area (Å²) >= 11 is 0. The summed E-state index contributed by atoms with van der Waals surface area (Å²) in [7, 11) is 0. The standard InChI is InChI=1S/C22H24N4O2/c1-16-22(28)25(14-13-17-7-3-2-4-8-17)15-21-24-23-20(26(16)21)12-11-18-9-5-6-10-19(18)27/h2-10,16,27H,11-15H2,1H3/t16-/m0/s1. The lowest BCUT2D eigenvalue weighted by molar-refractivity contribution is -0.137. The Hall–Kier alpha value is -3.15. The largest absolute Gasteiger partial charge is 0.508 e. The number of aromatic hydroxyl groups is 1. The Labute approximate surface area is 164 Å². The third-order valence-electron chi connectivity index (χ3n) is 5.35. The van der Waals surface area contributed by atoms with Crippen molar-refractivity contribution in [2.24, 2.45) is 0 Å². The molecule has 6 heteroatoms. The van der Waals surface area contributed by atoms with Crippen molar-refractivity contribution in [1.29, 1.82) is 0 Å². The smallest absolute Gasteiger partial charge is 0.245 e. The first kappa shape index (κ1) is 18.2. The van der Waals surface area contributed by atoms with E-state index >= 15 is 0 Å². The Morgan fingerprint density at radius 1 is 1.00 bits per heavy atom. The van der Waals surface area contributed by atoms with E-state index in [1.54, 1.807) is 6.07 Å². The number of benzene rings is 2. The van der Waals surface area contributed by atoms with Gasteiger partial charge in [-0.3, -0.25) is 4.79 Å². The molecule has 28 heavy (non-hydrogen) atoms. The average Bonchev–Trinajstić information content (AvgIpc) is 3.13. The van der Waals surface area contributed by atoms with Gasteiger partial charge >= 0.3 is 0 Å². The van der Waals surface area contributed by atoms with Crippen molar-refractivity contribution in [2.75, 3.05) is 6.54 Å². The number of carbonyl (C=O) groups is 1. The van der Waals surface area contributed by atoms with Crippen LogP contribution in [0.4, 0.5) is 0 Å². The predicted octanol–water partition coefficient (Wildman–Crippen LogP) is 2.91. The lowest BCUT2D eigenvalue weighted by Crippen LogP contribution is -2.43. The van der Waals surface area contributed by atoms with Crippen LogP contribution >= 0.6 is 0 Å². The van der Waals surface area contributed by atoms with Crippen molar-refractivity contribution in [3.8, 4) is 5.75 Å². The Balaban J connectivity index is 1.46. The number of fused-ring (bicyclic) bond motifs is 1. The minimum absolute atomic E-state index is 0.104. The molecule has 2 aromatic carbocycles. The number of para-hydroxylation sites is 1. The SMILES string of the molecule is C[C@H]1C(=O)N(CCc2ccccc2)Cc2nnc(CCc3ccccc3O)n21. The predicted molar refractivity (Wildman–Crippen MR) is 106 cm³/mol. The number of carbonyl (C=O) groups excluding carboxylic acids is 1. The van der Waals surface area contributed by atoms with Crippen LogP contribution in [-0.4, -0.2) is 37.2 Å². The van der Waals surface area contributed by atoms with Gasteiger partial charge in [-0.05, 0) is 37.0 Å². The molecule has 1 aromatic heterocycles. The summed E-state index contributed by atoms with van der Waals surface area (Å²) in [6.45, 7) is 3.07. The fraction of sp³-hybridized carbons (Fsp3) is 0.318. The van der Waals surface area contributed by atoms with Gasteiger partial charge in [-0.15, -0.1) is 10.2 Å². The first-order valence-electron chi connectivity index (χ1n) is 9.65. The fourth-order valence-corrected chi connectivity index (χ4v) is 3.78. The van der Waals surface area contributed by atoms with E-state index in [2.05, 4.69) is 22.3 Å². The molecule has 3 aromatic rings. The van der Waals surface area contributed by atoms with Crippen LogP contribution in [0.1, 0.15) is 35.7 Å². The Kier molecular flexibility index (Phi) is 5.10. The maximum absolute atomic E-state index is 12.9. The van der Waals surface area contributed by atoms with Gasteiger partial charge in [-0.1, -0.05) is 48.5 Å². The van der Waals surface area contributed by atoms with Gasteiger partial charge in [0.2, 0.25) is 5.91 Å². The highest BCUT2D eigenvalue weighted by Crippen LogP contribution is 2.25. The van der Waals surface area contributed by atoms with Gasteiger partial charge in [-0.2, -0.15) is 0 Å². The van der Waals surface area contributed by atoms with E-state index in [1.165, 1.54) is 5.56 Å². The zero-order valence-electron chi connectivity index (χ0n) is 16.0. The lowest BCUT2D eigenvalue weighted by Gasteiger charge is -2.32. The summed E-state index contributed by atoms with van der Waals surface area (Å²) < 4.78 is 1.96. The van der Waals surface area contributed by atoms with Crippen molar-refractivity contribution in [1.82, 2.24) is 19.7 Å². The van der Waals surface area contributed by atoms with Gasteiger partial charge in [0.1, 0.15) is 17.6 Å². The molecule has 1 amide bonds. The molecule has 0 fully saturated rings. The van der Waals surface area contributed by atoms with E-state index in [9.17, 15) is 9.90 Å². The second kappa shape index (κ2) is 7.84. The molecule has 1 atom stereocenters. The number of aromatic nitrogens is 3. The van der Waals surface area contributed by atoms with Crippen molar-refractivity contribution < 1.29 is 9.90 Å². The molecule has 6 nitrogen and oxygen atoms in total. The van der Waals surface area contributed by atoms with Gasteiger partial charge in [0.15, 0.2) is 5.82 Å². The van der Waals surface area contributed by atoms with E-state index in [-0.39, 0.29) is 17.7 Å². The summed E-state index contributed by atoms with van der Waals surface area (Å²) in [4.78, 5) is 14.8. The minimum atomic E-state index is -0.311. The maximum atomic E-state index is 12.9. The van der Waals surface area contributed by atoms with Crippen molar-refractivity contribution >= 4 is 5.91 Å². The van der Waals surface area contributed by atoms with Gasteiger partial charge in [-0.25, -0.2) is 0 Å². The molecule has 2 heterocycles. The van der Waals surface area contributed by atoms with Gasteiger partial charge in [0.25, 0.3) is 0 Å². The molecule has 0 spiro atoms. The monoisotopic (exact) mass is 376 g/mol. The van der Waals surface area contributed by atoms with E-state index < -0.39 is 0 Å². The molecule has 4 rings (SSSR count). The molecular formula is C22H24N4O2. The van der Waals surface area contributed by atoms with Gasteiger partial charge < -0.3 is 14.6 Å².